The van der Waals surface area contributed by atoms with Crippen LogP contribution >= 0.6 is 11.3 Å². The van der Waals surface area contributed by atoms with Crippen LogP contribution in [0, 0.1) is 0 Å². The van der Waals surface area contributed by atoms with Crippen molar-refractivity contribution in [3.05, 3.63) is 69.0 Å². The van der Waals surface area contributed by atoms with Gasteiger partial charge in [-0.25, -0.2) is 0 Å². The molecular formula is C24H25N3O3S. The Morgan fingerprint density at radius 1 is 1.03 bits per heavy atom. The number of hydrogen-bond acceptors (Lipinski definition) is 6. The third kappa shape index (κ3) is 4.77. The van der Waals surface area contributed by atoms with Crippen LogP contribution in [0.15, 0.2) is 53.3 Å². The van der Waals surface area contributed by atoms with Crippen molar-refractivity contribution in [1.82, 2.24) is 14.6 Å². The van der Waals surface area contributed by atoms with Gasteiger partial charge in [-0.05, 0) is 37.1 Å². The summed E-state index contributed by atoms with van der Waals surface area (Å²) in [5, 5.41) is 4.39. The van der Waals surface area contributed by atoms with Crippen LogP contribution in [0.25, 0.3) is 22.4 Å². The summed E-state index contributed by atoms with van der Waals surface area (Å²) in [5.41, 5.74) is 1.58. The second kappa shape index (κ2) is 9.75. The van der Waals surface area contributed by atoms with Crippen LogP contribution in [0.2, 0.25) is 0 Å². The molecule has 0 aliphatic heterocycles. The Hall–Kier alpha value is -3.19. The summed E-state index contributed by atoms with van der Waals surface area (Å²) in [6.07, 6.45) is 5.15. The van der Waals surface area contributed by atoms with Gasteiger partial charge >= 0.3 is 0 Å². The van der Waals surface area contributed by atoms with Crippen molar-refractivity contribution in [2.75, 3.05) is 13.2 Å². The highest BCUT2D eigenvalue weighted by Crippen LogP contribution is 2.29. The van der Waals surface area contributed by atoms with Crippen LogP contribution < -0.4 is 19.6 Å². The molecule has 4 aromatic rings. The molecule has 2 heterocycles. The molecule has 0 unspecified atom stereocenters. The normalized spacial score (nSPS) is 11.9. The van der Waals surface area contributed by atoms with E-state index in [2.05, 4.69) is 17.0 Å². The fourth-order valence-corrected chi connectivity index (χ4v) is 4.14. The van der Waals surface area contributed by atoms with Gasteiger partial charge in [-0.2, -0.15) is 9.50 Å². The zero-order valence-electron chi connectivity index (χ0n) is 17.7. The second-order valence-corrected chi connectivity index (χ2v) is 8.12. The van der Waals surface area contributed by atoms with E-state index in [1.165, 1.54) is 15.9 Å². The summed E-state index contributed by atoms with van der Waals surface area (Å²) in [7, 11) is 0. The number of rotatable bonds is 9. The highest BCUT2D eigenvalue weighted by Gasteiger charge is 2.12. The van der Waals surface area contributed by atoms with E-state index < -0.39 is 0 Å². The first-order valence-corrected chi connectivity index (χ1v) is 11.4. The lowest BCUT2D eigenvalue weighted by molar-refractivity contribution is 0.271. The van der Waals surface area contributed by atoms with Crippen LogP contribution in [-0.2, 0) is 0 Å². The average Bonchev–Trinajstić information content (AvgIpc) is 3.33. The quantitative estimate of drug-likeness (QED) is 0.366. The van der Waals surface area contributed by atoms with Crippen molar-refractivity contribution in [2.24, 2.45) is 0 Å². The molecular weight excluding hydrogens is 410 g/mol. The monoisotopic (exact) mass is 435 g/mol. The maximum Gasteiger partial charge on any atom is 0.291 e. The number of nitrogens with zero attached hydrogens (tertiary/aromatic N) is 3. The summed E-state index contributed by atoms with van der Waals surface area (Å²) in [5.74, 6) is 1.97. The third-order valence-corrected chi connectivity index (χ3v) is 5.74. The molecule has 0 fully saturated rings. The first-order chi connectivity index (χ1) is 15.2. The molecule has 0 saturated heterocycles. The van der Waals surface area contributed by atoms with Crippen LogP contribution in [0.1, 0.15) is 38.7 Å². The van der Waals surface area contributed by atoms with E-state index in [4.69, 9.17) is 9.47 Å². The van der Waals surface area contributed by atoms with E-state index in [0.717, 1.165) is 36.1 Å². The first kappa shape index (κ1) is 21.1. The van der Waals surface area contributed by atoms with Gasteiger partial charge in [0.05, 0.1) is 17.7 Å². The molecule has 160 valence electrons. The Morgan fingerprint density at radius 2 is 1.87 bits per heavy atom. The van der Waals surface area contributed by atoms with E-state index in [0.29, 0.717) is 34.3 Å². The molecule has 0 saturated carbocycles. The highest BCUT2D eigenvalue weighted by atomic mass is 32.1. The standard InChI is InChI=1S/C24H25N3O3S/c1-3-5-9-14-30-19-13-12-17(15-20(19)29-4-2)16-21-23(28)27-24(31-21)25-22(26-27)18-10-7-6-8-11-18/h6-8,10-13,15-16H,3-5,9,14H2,1-2H3. The van der Waals surface area contributed by atoms with Gasteiger partial charge in [0.1, 0.15) is 0 Å². The molecule has 31 heavy (non-hydrogen) atoms. The lowest BCUT2D eigenvalue weighted by atomic mass is 10.2. The number of aromatic nitrogens is 3. The molecule has 7 heteroatoms. The molecule has 0 atom stereocenters. The molecule has 2 aromatic carbocycles. The predicted molar refractivity (Wildman–Crippen MR) is 124 cm³/mol. The number of thiazole rings is 1. The minimum Gasteiger partial charge on any atom is -0.490 e. The second-order valence-electron chi connectivity index (χ2n) is 7.11. The van der Waals surface area contributed by atoms with Crippen LogP contribution in [0.5, 0.6) is 11.5 Å². The minimum absolute atomic E-state index is 0.174. The van der Waals surface area contributed by atoms with Gasteiger partial charge in [-0.1, -0.05) is 67.5 Å². The van der Waals surface area contributed by atoms with Crippen molar-refractivity contribution < 1.29 is 9.47 Å². The summed E-state index contributed by atoms with van der Waals surface area (Å²) in [6, 6.07) is 15.4. The van der Waals surface area contributed by atoms with Crippen LogP contribution in [0.4, 0.5) is 0 Å². The molecule has 2 aromatic heterocycles. The zero-order chi connectivity index (χ0) is 21.6. The number of unbranched alkanes of at least 4 members (excludes halogenated alkanes) is 2. The lowest BCUT2D eigenvalue weighted by Gasteiger charge is -2.12. The van der Waals surface area contributed by atoms with Crippen LogP contribution in [-0.4, -0.2) is 27.8 Å². The SMILES string of the molecule is CCCCCOc1ccc(C=c2sc3nc(-c4ccccc4)nn3c2=O)cc1OCC. The Balaban J connectivity index is 1.63. The van der Waals surface area contributed by atoms with Gasteiger partial charge in [0.2, 0.25) is 4.96 Å². The molecule has 6 nitrogen and oxygen atoms in total. The first-order valence-electron chi connectivity index (χ1n) is 10.6. The molecule has 0 radical (unpaired) electrons. The molecule has 4 rings (SSSR count). The Morgan fingerprint density at radius 3 is 2.61 bits per heavy atom. The van der Waals surface area contributed by atoms with Gasteiger partial charge < -0.3 is 9.47 Å². The zero-order valence-corrected chi connectivity index (χ0v) is 18.5. The highest BCUT2D eigenvalue weighted by molar-refractivity contribution is 7.15. The molecule has 0 bridgehead atoms. The number of hydrogen-bond donors (Lipinski definition) is 0. The lowest BCUT2D eigenvalue weighted by Crippen LogP contribution is -2.23. The maximum atomic E-state index is 12.8. The van der Waals surface area contributed by atoms with E-state index in [-0.39, 0.29) is 5.56 Å². The van der Waals surface area contributed by atoms with E-state index in [1.807, 2.05) is 61.5 Å². The largest absolute Gasteiger partial charge is 0.490 e. The summed E-state index contributed by atoms with van der Waals surface area (Å²) < 4.78 is 13.6. The third-order valence-electron chi connectivity index (χ3n) is 4.78. The van der Waals surface area contributed by atoms with Crippen molar-refractivity contribution in [3.8, 4) is 22.9 Å². The van der Waals surface area contributed by atoms with Crippen molar-refractivity contribution in [3.63, 3.8) is 0 Å². The molecule has 0 aliphatic rings. The number of ether oxygens (including phenoxy) is 2. The fraction of sp³-hybridized carbons (Fsp3) is 0.292. The summed E-state index contributed by atoms with van der Waals surface area (Å²) >= 11 is 1.33. The van der Waals surface area contributed by atoms with E-state index >= 15 is 0 Å². The van der Waals surface area contributed by atoms with Crippen LogP contribution in [0.3, 0.4) is 0 Å². The van der Waals surface area contributed by atoms with Gasteiger partial charge in [0, 0.05) is 5.56 Å². The summed E-state index contributed by atoms with van der Waals surface area (Å²) in [4.78, 5) is 17.9. The van der Waals surface area contributed by atoms with Crippen molar-refractivity contribution in [2.45, 2.75) is 33.1 Å². The molecule has 0 aliphatic carbocycles. The smallest absolute Gasteiger partial charge is 0.291 e. The van der Waals surface area contributed by atoms with Crippen molar-refractivity contribution >= 4 is 22.4 Å². The molecule has 0 N–H and O–H groups in total. The van der Waals surface area contributed by atoms with Crippen molar-refractivity contribution in [1.29, 1.82) is 0 Å². The summed E-state index contributed by atoms with van der Waals surface area (Å²) in [6.45, 7) is 5.32. The minimum atomic E-state index is -0.174. The fourth-order valence-electron chi connectivity index (χ4n) is 3.23. The van der Waals surface area contributed by atoms with E-state index in [9.17, 15) is 4.79 Å². The van der Waals surface area contributed by atoms with Gasteiger partial charge in [-0.3, -0.25) is 4.79 Å². The van der Waals surface area contributed by atoms with Gasteiger partial charge in [0.15, 0.2) is 17.3 Å². The molecule has 0 spiro atoms. The Kier molecular flexibility index (Phi) is 6.62. The number of fused-ring (bicyclic) bond motifs is 1. The average molecular weight is 436 g/mol. The number of benzene rings is 2. The Bertz CT molecular complexity index is 1260. The maximum absolute atomic E-state index is 12.8. The van der Waals surface area contributed by atoms with Gasteiger partial charge in [0.25, 0.3) is 5.56 Å². The Labute approximate surface area is 184 Å². The van der Waals surface area contributed by atoms with Gasteiger partial charge in [-0.15, -0.1) is 5.10 Å². The topological polar surface area (TPSA) is 65.7 Å². The molecule has 0 amide bonds. The predicted octanol–water partition coefficient (Wildman–Crippen LogP) is 4.33. The van der Waals surface area contributed by atoms with E-state index in [1.54, 1.807) is 0 Å².